The number of carboxylic acids is 1. The Morgan fingerprint density at radius 1 is 1.33 bits per heavy atom. The number of hydrogen-bond acceptors (Lipinski definition) is 2. The van der Waals surface area contributed by atoms with E-state index in [1.165, 1.54) is 0 Å². The van der Waals surface area contributed by atoms with E-state index in [0.29, 0.717) is 12.8 Å². The average Bonchev–Trinajstić information content (AvgIpc) is 2.55. The summed E-state index contributed by atoms with van der Waals surface area (Å²) < 4.78 is 5.80. The van der Waals surface area contributed by atoms with Crippen molar-refractivity contribution in [1.82, 2.24) is 0 Å². The SMILES string of the molecule is Cc1oc2c(C3(C(=O)O)CCC3)cccc2c1C. The second kappa shape index (κ2) is 3.61. The standard InChI is InChI=1S/C15H16O3/c1-9-10(2)18-13-11(9)5-3-6-12(13)15(14(16)17)7-4-8-15/h3,5-6H,4,7-8H2,1-2H3,(H,16,17). The normalized spacial score (nSPS) is 17.7. The Morgan fingerprint density at radius 3 is 2.61 bits per heavy atom. The van der Waals surface area contributed by atoms with Gasteiger partial charge >= 0.3 is 5.97 Å². The van der Waals surface area contributed by atoms with Gasteiger partial charge in [0.2, 0.25) is 0 Å². The Kier molecular flexibility index (Phi) is 2.27. The summed E-state index contributed by atoms with van der Waals surface area (Å²) in [6.45, 7) is 3.94. The molecule has 3 heteroatoms. The van der Waals surface area contributed by atoms with Crippen LogP contribution in [0.1, 0.15) is 36.1 Å². The number of benzene rings is 1. The molecule has 1 aromatic carbocycles. The molecule has 0 bridgehead atoms. The Bertz CT molecular complexity index is 632. The summed E-state index contributed by atoms with van der Waals surface area (Å²) in [6, 6.07) is 5.83. The fourth-order valence-electron chi connectivity index (χ4n) is 2.87. The molecule has 0 atom stereocenters. The maximum absolute atomic E-state index is 11.6. The van der Waals surface area contributed by atoms with Crippen molar-refractivity contribution in [2.45, 2.75) is 38.5 Å². The van der Waals surface area contributed by atoms with E-state index in [1.54, 1.807) is 0 Å². The van der Waals surface area contributed by atoms with Gasteiger partial charge in [-0.2, -0.15) is 0 Å². The van der Waals surface area contributed by atoms with E-state index in [-0.39, 0.29) is 0 Å². The molecule has 3 rings (SSSR count). The van der Waals surface area contributed by atoms with Gasteiger partial charge in [-0.05, 0) is 32.3 Å². The molecule has 0 spiro atoms. The molecular formula is C15H16O3. The second-order valence-electron chi connectivity index (χ2n) is 5.21. The van der Waals surface area contributed by atoms with E-state index in [0.717, 1.165) is 34.3 Å². The van der Waals surface area contributed by atoms with Gasteiger partial charge < -0.3 is 9.52 Å². The first-order valence-corrected chi connectivity index (χ1v) is 6.29. The minimum atomic E-state index is -0.729. The molecule has 1 fully saturated rings. The first kappa shape index (κ1) is 11.3. The summed E-state index contributed by atoms with van der Waals surface area (Å²) >= 11 is 0. The van der Waals surface area contributed by atoms with Gasteiger partial charge in [0.25, 0.3) is 0 Å². The highest BCUT2D eigenvalue weighted by Crippen LogP contribution is 2.47. The van der Waals surface area contributed by atoms with Gasteiger partial charge in [0, 0.05) is 10.9 Å². The van der Waals surface area contributed by atoms with Crippen LogP contribution in [0.2, 0.25) is 0 Å². The maximum Gasteiger partial charge on any atom is 0.314 e. The fourth-order valence-corrected chi connectivity index (χ4v) is 2.87. The van der Waals surface area contributed by atoms with Gasteiger partial charge in [0.15, 0.2) is 0 Å². The molecule has 2 aromatic rings. The highest BCUT2D eigenvalue weighted by Gasteiger charge is 2.47. The molecule has 1 aliphatic carbocycles. The lowest BCUT2D eigenvalue weighted by atomic mass is 9.64. The first-order chi connectivity index (χ1) is 8.56. The molecule has 0 radical (unpaired) electrons. The zero-order chi connectivity index (χ0) is 12.9. The van der Waals surface area contributed by atoms with E-state index in [1.807, 2.05) is 32.0 Å². The van der Waals surface area contributed by atoms with Gasteiger partial charge in [-0.25, -0.2) is 0 Å². The lowest BCUT2D eigenvalue weighted by molar-refractivity contribution is -0.147. The fraction of sp³-hybridized carbons (Fsp3) is 0.400. The van der Waals surface area contributed by atoms with Crippen molar-refractivity contribution in [3.8, 4) is 0 Å². The van der Waals surface area contributed by atoms with E-state index in [4.69, 9.17) is 4.42 Å². The predicted octanol–water partition coefficient (Wildman–Crippen LogP) is 3.56. The van der Waals surface area contributed by atoms with Crippen LogP contribution in [0.5, 0.6) is 0 Å². The number of carboxylic acid groups (broad SMARTS) is 1. The zero-order valence-electron chi connectivity index (χ0n) is 10.6. The number of hydrogen-bond donors (Lipinski definition) is 1. The van der Waals surface area contributed by atoms with Crippen LogP contribution in [-0.4, -0.2) is 11.1 Å². The van der Waals surface area contributed by atoms with Crippen molar-refractivity contribution < 1.29 is 14.3 Å². The summed E-state index contributed by atoms with van der Waals surface area (Å²) in [4.78, 5) is 11.6. The van der Waals surface area contributed by atoms with E-state index >= 15 is 0 Å². The van der Waals surface area contributed by atoms with Crippen LogP contribution in [-0.2, 0) is 10.2 Å². The predicted molar refractivity (Wildman–Crippen MR) is 68.9 cm³/mol. The smallest absolute Gasteiger partial charge is 0.314 e. The lowest BCUT2D eigenvalue weighted by Gasteiger charge is -2.37. The number of rotatable bonds is 2. The Hall–Kier alpha value is -1.77. The van der Waals surface area contributed by atoms with Crippen molar-refractivity contribution in [1.29, 1.82) is 0 Å². The molecule has 1 N–H and O–H groups in total. The average molecular weight is 244 g/mol. The third-order valence-electron chi connectivity index (χ3n) is 4.33. The van der Waals surface area contributed by atoms with E-state index in [2.05, 4.69) is 0 Å². The highest BCUT2D eigenvalue weighted by molar-refractivity contribution is 5.92. The minimum absolute atomic E-state index is 0.709. The van der Waals surface area contributed by atoms with Gasteiger partial charge in [-0.15, -0.1) is 0 Å². The highest BCUT2D eigenvalue weighted by atomic mass is 16.4. The van der Waals surface area contributed by atoms with Crippen molar-refractivity contribution in [3.05, 3.63) is 35.1 Å². The first-order valence-electron chi connectivity index (χ1n) is 6.29. The van der Waals surface area contributed by atoms with Crippen LogP contribution >= 0.6 is 0 Å². The molecule has 3 nitrogen and oxygen atoms in total. The maximum atomic E-state index is 11.6. The molecular weight excluding hydrogens is 228 g/mol. The van der Waals surface area contributed by atoms with Crippen molar-refractivity contribution in [3.63, 3.8) is 0 Å². The summed E-state index contributed by atoms with van der Waals surface area (Å²) in [7, 11) is 0. The number of furan rings is 1. The Balaban J connectivity index is 2.30. The molecule has 1 aromatic heterocycles. The topological polar surface area (TPSA) is 50.4 Å². The molecule has 0 saturated heterocycles. The van der Waals surface area contributed by atoms with Crippen molar-refractivity contribution >= 4 is 16.9 Å². The molecule has 1 heterocycles. The van der Waals surface area contributed by atoms with Crippen LogP contribution in [0.3, 0.4) is 0 Å². The van der Waals surface area contributed by atoms with Crippen LogP contribution < -0.4 is 0 Å². The third-order valence-corrected chi connectivity index (χ3v) is 4.33. The van der Waals surface area contributed by atoms with Crippen LogP contribution in [0.15, 0.2) is 22.6 Å². The third kappa shape index (κ3) is 1.27. The van der Waals surface area contributed by atoms with Gasteiger partial charge in [-0.1, -0.05) is 24.6 Å². The van der Waals surface area contributed by atoms with Crippen LogP contribution in [0, 0.1) is 13.8 Å². The molecule has 18 heavy (non-hydrogen) atoms. The quantitative estimate of drug-likeness (QED) is 0.878. The number of para-hydroxylation sites is 1. The van der Waals surface area contributed by atoms with Crippen molar-refractivity contribution in [2.24, 2.45) is 0 Å². The number of aryl methyl sites for hydroxylation is 2. The van der Waals surface area contributed by atoms with Crippen LogP contribution in [0.4, 0.5) is 0 Å². The van der Waals surface area contributed by atoms with E-state index < -0.39 is 11.4 Å². The van der Waals surface area contributed by atoms with Gasteiger partial charge in [-0.3, -0.25) is 4.79 Å². The Labute approximate surface area is 105 Å². The molecule has 0 unspecified atom stereocenters. The Morgan fingerprint density at radius 2 is 2.06 bits per heavy atom. The summed E-state index contributed by atoms with van der Waals surface area (Å²) in [5.74, 6) is 0.144. The number of fused-ring (bicyclic) bond motifs is 1. The summed E-state index contributed by atoms with van der Waals surface area (Å²) in [6.07, 6.45) is 2.39. The largest absolute Gasteiger partial charge is 0.481 e. The van der Waals surface area contributed by atoms with Gasteiger partial charge in [0.1, 0.15) is 11.3 Å². The van der Waals surface area contributed by atoms with Gasteiger partial charge in [0.05, 0.1) is 5.41 Å². The van der Waals surface area contributed by atoms with Crippen molar-refractivity contribution in [2.75, 3.05) is 0 Å². The molecule has 1 aliphatic rings. The van der Waals surface area contributed by atoms with Crippen LogP contribution in [0.25, 0.3) is 11.0 Å². The number of aliphatic carboxylic acids is 1. The molecule has 1 saturated carbocycles. The molecule has 0 aliphatic heterocycles. The lowest BCUT2D eigenvalue weighted by Crippen LogP contribution is -2.42. The molecule has 94 valence electrons. The monoisotopic (exact) mass is 244 g/mol. The summed E-state index contributed by atoms with van der Waals surface area (Å²) in [5.41, 5.74) is 1.98. The minimum Gasteiger partial charge on any atom is -0.481 e. The second-order valence-corrected chi connectivity index (χ2v) is 5.21. The van der Waals surface area contributed by atoms with E-state index in [9.17, 15) is 9.90 Å². The summed E-state index contributed by atoms with van der Waals surface area (Å²) in [5, 5.41) is 10.6. The number of carbonyl (C=O) groups is 1. The molecule has 0 amide bonds. The zero-order valence-corrected chi connectivity index (χ0v) is 10.6.